The molecule has 0 unspecified atom stereocenters. The first-order valence-electron chi connectivity index (χ1n) is 9.45. The molecule has 2 aliphatic rings. The zero-order valence-corrected chi connectivity index (χ0v) is 15.3. The molecule has 2 aliphatic heterocycles. The standard InChI is InChI=1S/C21H24N2O4/c24-18-7-4-16-15-23(21(25)27-20(16)14-18)17-5-8-19(9-6-17)26-13-12-22-10-2-1-3-11-22/h4-9,14,24H,1-3,10-13,15H2. The van der Waals surface area contributed by atoms with Crippen molar-refractivity contribution in [2.75, 3.05) is 31.1 Å². The summed E-state index contributed by atoms with van der Waals surface area (Å²) in [5.41, 5.74) is 1.61. The van der Waals surface area contributed by atoms with Crippen LogP contribution in [-0.2, 0) is 6.54 Å². The molecule has 0 atom stereocenters. The summed E-state index contributed by atoms with van der Waals surface area (Å²) in [6.45, 7) is 4.35. The molecule has 0 aliphatic carbocycles. The Bertz CT molecular complexity index is 800. The van der Waals surface area contributed by atoms with Crippen LogP contribution < -0.4 is 14.4 Å². The number of carbonyl (C=O) groups is 1. The molecule has 2 aromatic rings. The van der Waals surface area contributed by atoms with Crippen molar-refractivity contribution in [1.82, 2.24) is 4.90 Å². The van der Waals surface area contributed by atoms with Gasteiger partial charge in [0.1, 0.15) is 23.9 Å². The minimum absolute atomic E-state index is 0.0843. The third-order valence-electron chi connectivity index (χ3n) is 5.07. The van der Waals surface area contributed by atoms with E-state index in [1.165, 1.54) is 38.4 Å². The number of hydrogen-bond acceptors (Lipinski definition) is 5. The molecule has 4 rings (SSSR count). The molecule has 6 heteroatoms. The fraction of sp³-hybridized carbons (Fsp3) is 0.381. The molecule has 2 heterocycles. The Hall–Kier alpha value is -2.73. The zero-order chi connectivity index (χ0) is 18.6. The van der Waals surface area contributed by atoms with Crippen LogP contribution in [0.4, 0.5) is 10.5 Å². The number of phenols is 1. The van der Waals surface area contributed by atoms with Gasteiger partial charge >= 0.3 is 6.09 Å². The van der Waals surface area contributed by atoms with E-state index >= 15 is 0 Å². The molecular weight excluding hydrogens is 344 g/mol. The van der Waals surface area contributed by atoms with E-state index in [2.05, 4.69) is 4.90 Å². The summed E-state index contributed by atoms with van der Waals surface area (Å²) in [5.74, 6) is 1.29. The van der Waals surface area contributed by atoms with Crippen molar-refractivity contribution in [3.05, 3.63) is 48.0 Å². The lowest BCUT2D eigenvalue weighted by molar-refractivity contribution is 0.183. The van der Waals surface area contributed by atoms with Crippen molar-refractivity contribution in [2.24, 2.45) is 0 Å². The van der Waals surface area contributed by atoms with Crippen LogP contribution in [0, 0.1) is 0 Å². The zero-order valence-electron chi connectivity index (χ0n) is 15.3. The van der Waals surface area contributed by atoms with Crippen LogP contribution in [0.3, 0.4) is 0 Å². The van der Waals surface area contributed by atoms with E-state index in [4.69, 9.17) is 9.47 Å². The molecule has 0 aromatic heterocycles. The second-order valence-electron chi connectivity index (χ2n) is 6.99. The molecular formula is C21H24N2O4. The average Bonchev–Trinajstić information content (AvgIpc) is 2.69. The molecule has 2 aromatic carbocycles. The largest absolute Gasteiger partial charge is 0.508 e. The number of benzene rings is 2. The fourth-order valence-corrected chi connectivity index (χ4v) is 3.55. The van der Waals surface area contributed by atoms with Crippen LogP contribution in [-0.4, -0.2) is 42.3 Å². The normalized spacial score (nSPS) is 17.3. The van der Waals surface area contributed by atoms with Gasteiger partial charge in [0.15, 0.2) is 0 Å². The Labute approximate surface area is 158 Å². The van der Waals surface area contributed by atoms with E-state index < -0.39 is 6.09 Å². The van der Waals surface area contributed by atoms with Gasteiger partial charge in [-0.05, 0) is 62.3 Å². The predicted molar refractivity (Wildman–Crippen MR) is 103 cm³/mol. The third kappa shape index (κ3) is 4.17. The maximum Gasteiger partial charge on any atom is 0.420 e. The molecule has 1 fully saturated rings. The number of hydrogen-bond donors (Lipinski definition) is 1. The summed E-state index contributed by atoms with van der Waals surface area (Å²) in [7, 11) is 0. The highest BCUT2D eigenvalue weighted by atomic mass is 16.6. The van der Waals surface area contributed by atoms with E-state index in [0.29, 0.717) is 18.9 Å². The van der Waals surface area contributed by atoms with Crippen LogP contribution in [0.15, 0.2) is 42.5 Å². The van der Waals surface area contributed by atoms with Crippen molar-refractivity contribution < 1.29 is 19.4 Å². The number of likely N-dealkylation sites (tertiary alicyclic amines) is 1. The second kappa shape index (κ2) is 7.88. The summed E-state index contributed by atoms with van der Waals surface area (Å²) < 4.78 is 11.2. The molecule has 0 saturated carbocycles. The SMILES string of the molecule is O=C1Oc2cc(O)ccc2CN1c1ccc(OCCN2CCCCC2)cc1. The fourth-order valence-electron chi connectivity index (χ4n) is 3.55. The van der Waals surface area contributed by atoms with Gasteiger partial charge in [-0.3, -0.25) is 9.80 Å². The molecule has 1 amide bonds. The van der Waals surface area contributed by atoms with E-state index in [1.54, 1.807) is 17.0 Å². The summed E-state index contributed by atoms with van der Waals surface area (Å²) in [5, 5.41) is 9.52. The van der Waals surface area contributed by atoms with Crippen molar-refractivity contribution in [1.29, 1.82) is 0 Å². The van der Waals surface area contributed by atoms with Gasteiger partial charge in [0, 0.05) is 23.9 Å². The van der Waals surface area contributed by atoms with Gasteiger partial charge in [0.25, 0.3) is 0 Å². The van der Waals surface area contributed by atoms with E-state index in [-0.39, 0.29) is 5.75 Å². The lowest BCUT2D eigenvalue weighted by Gasteiger charge is -2.28. The van der Waals surface area contributed by atoms with Gasteiger partial charge in [0.05, 0.1) is 6.54 Å². The summed E-state index contributed by atoms with van der Waals surface area (Å²) >= 11 is 0. The van der Waals surface area contributed by atoms with Crippen molar-refractivity contribution in [3.63, 3.8) is 0 Å². The monoisotopic (exact) mass is 368 g/mol. The number of carbonyl (C=O) groups excluding carboxylic acids is 1. The Kier molecular flexibility index (Phi) is 5.16. The van der Waals surface area contributed by atoms with Gasteiger partial charge in [-0.25, -0.2) is 4.79 Å². The molecule has 0 radical (unpaired) electrons. The number of rotatable bonds is 5. The van der Waals surface area contributed by atoms with Crippen LogP contribution in [0.5, 0.6) is 17.2 Å². The van der Waals surface area contributed by atoms with Crippen LogP contribution in [0.25, 0.3) is 0 Å². The highest BCUT2D eigenvalue weighted by Crippen LogP contribution is 2.32. The van der Waals surface area contributed by atoms with Crippen molar-refractivity contribution in [3.8, 4) is 17.2 Å². The topological polar surface area (TPSA) is 62.2 Å². The number of anilines is 1. The van der Waals surface area contributed by atoms with Gasteiger partial charge in [-0.1, -0.05) is 6.42 Å². The molecule has 27 heavy (non-hydrogen) atoms. The minimum Gasteiger partial charge on any atom is -0.508 e. The lowest BCUT2D eigenvalue weighted by Crippen LogP contribution is -2.36. The highest BCUT2D eigenvalue weighted by molar-refractivity contribution is 5.91. The first-order valence-corrected chi connectivity index (χ1v) is 9.45. The molecule has 142 valence electrons. The van der Waals surface area contributed by atoms with E-state index in [0.717, 1.165) is 23.5 Å². The number of amides is 1. The number of aromatic hydroxyl groups is 1. The highest BCUT2D eigenvalue weighted by Gasteiger charge is 2.26. The smallest absolute Gasteiger partial charge is 0.420 e. The van der Waals surface area contributed by atoms with Crippen LogP contribution in [0.2, 0.25) is 0 Å². The summed E-state index contributed by atoms with van der Waals surface area (Å²) in [6, 6.07) is 12.3. The Morgan fingerprint density at radius 1 is 1.04 bits per heavy atom. The molecule has 0 spiro atoms. The number of phenolic OH excluding ortho intramolecular Hbond substituents is 1. The predicted octanol–water partition coefficient (Wildman–Crippen LogP) is 3.78. The van der Waals surface area contributed by atoms with Crippen LogP contribution >= 0.6 is 0 Å². The van der Waals surface area contributed by atoms with E-state index in [9.17, 15) is 9.90 Å². The van der Waals surface area contributed by atoms with Gasteiger partial charge < -0.3 is 14.6 Å². The number of piperidine rings is 1. The van der Waals surface area contributed by atoms with Gasteiger partial charge in [-0.2, -0.15) is 0 Å². The number of nitrogens with zero attached hydrogens (tertiary/aromatic N) is 2. The van der Waals surface area contributed by atoms with Gasteiger partial charge in [-0.15, -0.1) is 0 Å². The van der Waals surface area contributed by atoms with Gasteiger partial charge in [0.2, 0.25) is 0 Å². The summed E-state index contributed by atoms with van der Waals surface area (Å²) in [6.07, 6.45) is 3.45. The minimum atomic E-state index is -0.452. The molecule has 1 saturated heterocycles. The first-order chi connectivity index (χ1) is 13.2. The molecule has 0 bridgehead atoms. The second-order valence-corrected chi connectivity index (χ2v) is 6.99. The quantitative estimate of drug-likeness (QED) is 0.870. The Morgan fingerprint density at radius 2 is 1.81 bits per heavy atom. The summed E-state index contributed by atoms with van der Waals surface area (Å²) in [4.78, 5) is 16.3. The third-order valence-corrected chi connectivity index (χ3v) is 5.07. The number of fused-ring (bicyclic) bond motifs is 1. The van der Waals surface area contributed by atoms with Crippen molar-refractivity contribution >= 4 is 11.8 Å². The number of ether oxygens (including phenoxy) is 2. The average molecular weight is 368 g/mol. The maximum atomic E-state index is 12.3. The molecule has 6 nitrogen and oxygen atoms in total. The Balaban J connectivity index is 1.35. The van der Waals surface area contributed by atoms with Crippen LogP contribution in [0.1, 0.15) is 24.8 Å². The van der Waals surface area contributed by atoms with E-state index in [1.807, 2.05) is 24.3 Å². The molecule has 1 N–H and O–H groups in total. The first kappa shape index (κ1) is 17.7. The lowest BCUT2D eigenvalue weighted by atomic mass is 10.1. The maximum absolute atomic E-state index is 12.3. The van der Waals surface area contributed by atoms with Crippen molar-refractivity contribution in [2.45, 2.75) is 25.8 Å². The Morgan fingerprint density at radius 3 is 2.59 bits per heavy atom.